The number of halogens is 3. The summed E-state index contributed by atoms with van der Waals surface area (Å²) in [5.74, 6) is -0.00228. The average Bonchev–Trinajstić information content (AvgIpc) is 2.97. The summed E-state index contributed by atoms with van der Waals surface area (Å²) in [5.41, 5.74) is 6.04. The monoisotopic (exact) mass is 568 g/mol. The minimum Gasteiger partial charge on any atom is -0.378 e. The summed E-state index contributed by atoms with van der Waals surface area (Å²) >= 11 is 0. The standard InChI is InChI=1S/C34H31F3N4O/c1-21-8-9-23(22(2)16-32(42)25-6-5-7-27(18-25)34(35,36)37)19-30(21)24-10-15-31-26(17-24)20-38-33(40-31)39-28-11-13-29(14-12-28)41(3)4/h5-15,17-20,22H,16H2,1-4H3,(H,38,39,40). The van der Waals surface area contributed by atoms with Gasteiger partial charge in [0.1, 0.15) is 0 Å². The van der Waals surface area contributed by atoms with Gasteiger partial charge in [-0.1, -0.05) is 43.3 Å². The first-order valence-corrected chi connectivity index (χ1v) is 13.6. The zero-order valence-electron chi connectivity index (χ0n) is 23.8. The van der Waals surface area contributed by atoms with Crippen molar-refractivity contribution in [3.63, 3.8) is 0 Å². The van der Waals surface area contributed by atoms with Gasteiger partial charge in [-0.15, -0.1) is 0 Å². The number of nitrogens with one attached hydrogen (secondary N) is 1. The van der Waals surface area contributed by atoms with Gasteiger partial charge >= 0.3 is 6.18 Å². The Kier molecular flexibility index (Phi) is 7.98. The Morgan fingerprint density at radius 3 is 2.43 bits per heavy atom. The number of hydrogen-bond acceptors (Lipinski definition) is 5. The van der Waals surface area contributed by atoms with Crippen LogP contribution in [0.25, 0.3) is 22.0 Å². The number of aryl methyl sites for hydroxylation is 1. The molecule has 214 valence electrons. The van der Waals surface area contributed by atoms with Crippen molar-refractivity contribution in [3.05, 3.63) is 113 Å². The number of Topliss-reactive ketones (excluding diaryl/α,β-unsaturated/α-hetero) is 1. The molecule has 0 radical (unpaired) electrons. The number of ketones is 1. The van der Waals surface area contributed by atoms with Gasteiger partial charge in [0.25, 0.3) is 0 Å². The number of alkyl halides is 3. The van der Waals surface area contributed by atoms with Crippen molar-refractivity contribution in [1.29, 1.82) is 0 Å². The third-order valence-corrected chi connectivity index (χ3v) is 7.36. The molecule has 4 aromatic carbocycles. The first kappa shape index (κ1) is 28.8. The minimum absolute atomic E-state index is 0.0676. The lowest BCUT2D eigenvalue weighted by atomic mass is 9.89. The molecule has 0 amide bonds. The Balaban J connectivity index is 1.34. The highest BCUT2D eigenvalue weighted by molar-refractivity contribution is 5.96. The van der Waals surface area contributed by atoms with E-state index < -0.39 is 11.7 Å². The molecule has 1 atom stereocenters. The maximum atomic E-state index is 13.1. The number of benzene rings is 4. The molecule has 42 heavy (non-hydrogen) atoms. The number of fused-ring (bicyclic) bond motifs is 1. The van der Waals surface area contributed by atoms with E-state index in [2.05, 4.69) is 21.4 Å². The summed E-state index contributed by atoms with van der Waals surface area (Å²) in [4.78, 5) is 24.1. The van der Waals surface area contributed by atoms with Gasteiger partial charge in [0.05, 0.1) is 11.1 Å². The highest BCUT2D eigenvalue weighted by Gasteiger charge is 2.31. The molecule has 0 spiro atoms. The highest BCUT2D eigenvalue weighted by Crippen LogP contribution is 2.33. The van der Waals surface area contributed by atoms with Gasteiger partial charge in [-0.25, -0.2) is 9.97 Å². The number of aromatic nitrogens is 2. The second kappa shape index (κ2) is 11.6. The van der Waals surface area contributed by atoms with Gasteiger partial charge < -0.3 is 10.2 Å². The minimum atomic E-state index is -4.49. The summed E-state index contributed by atoms with van der Waals surface area (Å²) in [6.07, 6.45) is -2.60. The van der Waals surface area contributed by atoms with Crippen LogP contribution in [0.2, 0.25) is 0 Å². The van der Waals surface area contributed by atoms with Crippen LogP contribution < -0.4 is 10.2 Å². The highest BCUT2D eigenvalue weighted by atomic mass is 19.4. The topological polar surface area (TPSA) is 58.1 Å². The van der Waals surface area contributed by atoms with Crippen LogP contribution in [-0.2, 0) is 6.18 Å². The fraction of sp³-hybridized carbons (Fsp3) is 0.206. The Bertz CT molecular complexity index is 1750. The number of nitrogens with zero attached hydrogens (tertiary/aromatic N) is 3. The maximum absolute atomic E-state index is 13.1. The molecule has 1 heterocycles. The van der Waals surface area contributed by atoms with Crippen LogP contribution in [0.1, 0.15) is 46.3 Å². The van der Waals surface area contributed by atoms with Crippen LogP contribution in [0, 0.1) is 6.92 Å². The maximum Gasteiger partial charge on any atom is 0.416 e. The summed E-state index contributed by atoms with van der Waals surface area (Å²) in [6.45, 7) is 3.93. The number of carbonyl (C=O) groups is 1. The Morgan fingerprint density at radius 1 is 0.952 bits per heavy atom. The fourth-order valence-electron chi connectivity index (χ4n) is 4.87. The predicted octanol–water partition coefficient (Wildman–Crippen LogP) is 8.81. The third-order valence-electron chi connectivity index (χ3n) is 7.36. The Labute approximate surface area is 243 Å². The molecule has 5 nitrogen and oxygen atoms in total. The smallest absolute Gasteiger partial charge is 0.378 e. The van der Waals surface area contributed by atoms with E-state index in [0.29, 0.717) is 5.95 Å². The van der Waals surface area contributed by atoms with Gasteiger partial charge in [0, 0.05) is 49.0 Å². The zero-order chi connectivity index (χ0) is 30.0. The van der Waals surface area contributed by atoms with Crippen molar-refractivity contribution in [2.24, 2.45) is 0 Å². The number of anilines is 3. The van der Waals surface area contributed by atoms with Crippen molar-refractivity contribution in [2.75, 3.05) is 24.3 Å². The van der Waals surface area contributed by atoms with Crippen LogP contribution in [-0.4, -0.2) is 29.8 Å². The second-order valence-corrected chi connectivity index (χ2v) is 10.7. The molecule has 8 heteroatoms. The first-order chi connectivity index (χ1) is 20.0. The quantitative estimate of drug-likeness (QED) is 0.190. The van der Waals surface area contributed by atoms with Crippen LogP contribution in [0.5, 0.6) is 0 Å². The van der Waals surface area contributed by atoms with Gasteiger partial charge in [-0.3, -0.25) is 4.79 Å². The largest absolute Gasteiger partial charge is 0.416 e. The summed E-state index contributed by atoms with van der Waals surface area (Å²) in [6, 6.07) is 24.6. The molecule has 0 saturated carbocycles. The molecule has 1 unspecified atom stereocenters. The normalized spacial score (nSPS) is 12.3. The van der Waals surface area contributed by atoms with E-state index in [1.165, 1.54) is 12.1 Å². The molecule has 0 aliphatic rings. The first-order valence-electron chi connectivity index (χ1n) is 13.6. The van der Waals surface area contributed by atoms with Crippen molar-refractivity contribution in [1.82, 2.24) is 9.97 Å². The van der Waals surface area contributed by atoms with Crippen LogP contribution in [0.15, 0.2) is 91.1 Å². The lowest BCUT2D eigenvalue weighted by Crippen LogP contribution is -2.09. The van der Waals surface area contributed by atoms with Crippen molar-refractivity contribution < 1.29 is 18.0 Å². The molecule has 5 rings (SSSR count). The van der Waals surface area contributed by atoms with E-state index in [9.17, 15) is 18.0 Å². The Hall–Kier alpha value is -4.72. The fourth-order valence-corrected chi connectivity index (χ4v) is 4.87. The lowest BCUT2D eigenvalue weighted by molar-refractivity contribution is -0.137. The zero-order valence-corrected chi connectivity index (χ0v) is 23.8. The summed E-state index contributed by atoms with van der Waals surface area (Å²) < 4.78 is 39.4. The van der Waals surface area contributed by atoms with E-state index in [1.807, 2.05) is 87.4 Å². The Morgan fingerprint density at radius 2 is 1.71 bits per heavy atom. The van der Waals surface area contributed by atoms with E-state index in [-0.39, 0.29) is 23.7 Å². The van der Waals surface area contributed by atoms with Gasteiger partial charge in [-0.2, -0.15) is 13.2 Å². The molecule has 0 fully saturated rings. The third kappa shape index (κ3) is 6.43. The molecular formula is C34H31F3N4O. The van der Waals surface area contributed by atoms with Crippen molar-refractivity contribution >= 4 is 34.0 Å². The molecule has 1 aromatic heterocycles. The van der Waals surface area contributed by atoms with Crippen LogP contribution in [0.4, 0.5) is 30.5 Å². The average molecular weight is 569 g/mol. The summed E-state index contributed by atoms with van der Waals surface area (Å²) in [7, 11) is 3.99. The molecule has 0 bridgehead atoms. The van der Waals surface area contributed by atoms with Gasteiger partial charge in [0.15, 0.2) is 5.78 Å². The molecule has 0 aliphatic heterocycles. The SMILES string of the molecule is Cc1ccc(C(C)CC(=O)c2cccc(C(F)(F)F)c2)cc1-c1ccc2nc(Nc3ccc(N(C)C)cc3)ncc2c1. The number of hydrogen-bond donors (Lipinski definition) is 1. The molecule has 0 saturated heterocycles. The molecule has 0 aliphatic carbocycles. The van der Waals surface area contributed by atoms with E-state index in [4.69, 9.17) is 0 Å². The van der Waals surface area contributed by atoms with Gasteiger partial charge in [0.2, 0.25) is 5.95 Å². The number of carbonyl (C=O) groups excluding carboxylic acids is 1. The molecule has 1 N–H and O–H groups in total. The van der Waals surface area contributed by atoms with Crippen LogP contribution >= 0.6 is 0 Å². The summed E-state index contributed by atoms with van der Waals surface area (Å²) in [5, 5.41) is 4.14. The van der Waals surface area contributed by atoms with E-state index in [0.717, 1.165) is 56.7 Å². The second-order valence-electron chi connectivity index (χ2n) is 10.7. The van der Waals surface area contributed by atoms with E-state index >= 15 is 0 Å². The molecular weight excluding hydrogens is 537 g/mol. The van der Waals surface area contributed by atoms with Crippen LogP contribution in [0.3, 0.4) is 0 Å². The predicted molar refractivity (Wildman–Crippen MR) is 163 cm³/mol. The van der Waals surface area contributed by atoms with E-state index in [1.54, 1.807) is 6.20 Å². The van der Waals surface area contributed by atoms with Crippen molar-refractivity contribution in [3.8, 4) is 11.1 Å². The van der Waals surface area contributed by atoms with Gasteiger partial charge in [-0.05, 0) is 83.6 Å². The molecule has 5 aromatic rings. The van der Waals surface area contributed by atoms with Crippen molar-refractivity contribution in [2.45, 2.75) is 32.4 Å². The number of rotatable bonds is 8. The lowest BCUT2D eigenvalue weighted by Gasteiger charge is -2.16.